The third-order valence-corrected chi connectivity index (χ3v) is 3.11. The van der Waals surface area contributed by atoms with Gasteiger partial charge in [-0.15, -0.1) is 0 Å². The van der Waals surface area contributed by atoms with E-state index in [2.05, 4.69) is 5.32 Å². The van der Waals surface area contributed by atoms with Crippen molar-refractivity contribution in [2.45, 2.75) is 24.9 Å². The van der Waals surface area contributed by atoms with E-state index in [1.807, 2.05) is 0 Å². The molecule has 6 heteroatoms. The van der Waals surface area contributed by atoms with E-state index in [1.54, 1.807) is 13.1 Å². The van der Waals surface area contributed by atoms with E-state index in [0.717, 1.165) is 6.07 Å². The van der Waals surface area contributed by atoms with Gasteiger partial charge < -0.3 is 14.8 Å². The quantitative estimate of drug-likeness (QED) is 0.916. The summed E-state index contributed by atoms with van der Waals surface area (Å²) in [6.45, 7) is 0.976. The van der Waals surface area contributed by atoms with Gasteiger partial charge >= 0.3 is 6.18 Å². The molecule has 1 aliphatic rings. The van der Waals surface area contributed by atoms with Gasteiger partial charge in [0, 0.05) is 12.5 Å². The van der Waals surface area contributed by atoms with Crippen LogP contribution in [0.25, 0.3) is 0 Å². The third kappa shape index (κ3) is 3.46. The predicted octanol–water partition coefficient (Wildman–Crippen LogP) is 2.73. The fourth-order valence-corrected chi connectivity index (χ4v) is 2.20. The van der Waals surface area contributed by atoms with E-state index in [1.165, 1.54) is 12.1 Å². The molecule has 106 valence electrons. The standard InChI is InChI=1S/C13H16F3NO2/c1-17-11(8-12-18-6-7-19-12)9-4-2-3-5-10(9)13(14,15)16/h2-5,11-12,17H,6-8H2,1H3. The first-order chi connectivity index (χ1) is 9.02. The minimum absolute atomic E-state index is 0.219. The minimum Gasteiger partial charge on any atom is -0.350 e. The number of benzene rings is 1. The first kappa shape index (κ1) is 14.3. The highest BCUT2D eigenvalue weighted by Gasteiger charge is 2.35. The van der Waals surface area contributed by atoms with Crippen molar-refractivity contribution in [2.75, 3.05) is 20.3 Å². The molecule has 0 amide bonds. The molecule has 0 spiro atoms. The lowest BCUT2D eigenvalue weighted by atomic mass is 9.97. The molecule has 1 aliphatic heterocycles. The molecule has 1 unspecified atom stereocenters. The molecule has 1 fully saturated rings. The number of alkyl halides is 3. The summed E-state index contributed by atoms with van der Waals surface area (Å²) in [4.78, 5) is 0. The summed E-state index contributed by atoms with van der Waals surface area (Å²) in [5.74, 6) is 0. The zero-order valence-corrected chi connectivity index (χ0v) is 10.5. The molecule has 1 saturated heterocycles. The summed E-state index contributed by atoms with van der Waals surface area (Å²) < 4.78 is 49.5. The first-order valence-electron chi connectivity index (χ1n) is 6.09. The topological polar surface area (TPSA) is 30.5 Å². The van der Waals surface area contributed by atoms with Gasteiger partial charge in [0.25, 0.3) is 0 Å². The van der Waals surface area contributed by atoms with Gasteiger partial charge in [-0.2, -0.15) is 13.2 Å². The molecule has 1 heterocycles. The van der Waals surface area contributed by atoms with Crippen LogP contribution in [0.15, 0.2) is 24.3 Å². The lowest BCUT2D eigenvalue weighted by molar-refractivity contribution is -0.138. The fraction of sp³-hybridized carbons (Fsp3) is 0.538. The summed E-state index contributed by atoms with van der Waals surface area (Å²) >= 11 is 0. The van der Waals surface area contributed by atoms with E-state index in [0.29, 0.717) is 19.6 Å². The second kappa shape index (κ2) is 5.90. The Labute approximate surface area is 109 Å². The van der Waals surface area contributed by atoms with E-state index in [-0.39, 0.29) is 5.56 Å². The number of hydrogen-bond donors (Lipinski definition) is 1. The molecule has 2 rings (SSSR count). The molecule has 1 aromatic carbocycles. The number of halogens is 3. The van der Waals surface area contributed by atoms with Crippen LogP contribution in [0.5, 0.6) is 0 Å². The molecule has 1 N–H and O–H groups in total. The number of hydrogen-bond acceptors (Lipinski definition) is 3. The smallest absolute Gasteiger partial charge is 0.350 e. The largest absolute Gasteiger partial charge is 0.416 e. The molecule has 1 aromatic rings. The van der Waals surface area contributed by atoms with Gasteiger partial charge in [-0.3, -0.25) is 0 Å². The Morgan fingerprint density at radius 3 is 2.47 bits per heavy atom. The van der Waals surface area contributed by atoms with Gasteiger partial charge in [-0.25, -0.2) is 0 Å². The molecule has 0 aromatic heterocycles. The predicted molar refractivity (Wildman–Crippen MR) is 63.6 cm³/mol. The first-order valence-corrected chi connectivity index (χ1v) is 6.09. The lowest BCUT2D eigenvalue weighted by Crippen LogP contribution is -2.25. The second-order valence-corrected chi connectivity index (χ2v) is 4.33. The van der Waals surface area contributed by atoms with Crippen molar-refractivity contribution in [3.05, 3.63) is 35.4 Å². The Hall–Kier alpha value is -1.11. The van der Waals surface area contributed by atoms with E-state index >= 15 is 0 Å². The molecular weight excluding hydrogens is 259 g/mol. The van der Waals surface area contributed by atoms with Crippen LogP contribution in [0.2, 0.25) is 0 Å². The summed E-state index contributed by atoms with van der Waals surface area (Å²) in [5.41, 5.74) is -0.399. The van der Waals surface area contributed by atoms with Gasteiger partial charge in [-0.1, -0.05) is 18.2 Å². The highest BCUT2D eigenvalue weighted by molar-refractivity contribution is 5.32. The molecule has 1 atom stereocenters. The van der Waals surface area contributed by atoms with Crippen molar-refractivity contribution in [1.29, 1.82) is 0 Å². The zero-order valence-electron chi connectivity index (χ0n) is 10.5. The average molecular weight is 275 g/mol. The van der Waals surface area contributed by atoms with Crippen molar-refractivity contribution in [1.82, 2.24) is 5.32 Å². The van der Waals surface area contributed by atoms with Crippen molar-refractivity contribution in [2.24, 2.45) is 0 Å². The van der Waals surface area contributed by atoms with Gasteiger partial charge in [0.1, 0.15) is 0 Å². The summed E-state index contributed by atoms with van der Waals surface area (Å²) in [7, 11) is 1.63. The van der Waals surface area contributed by atoms with Crippen molar-refractivity contribution < 1.29 is 22.6 Å². The van der Waals surface area contributed by atoms with Gasteiger partial charge in [-0.05, 0) is 18.7 Å². The SMILES string of the molecule is CNC(CC1OCCO1)c1ccccc1C(F)(F)F. The van der Waals surface area contributed by atoms with Crippen LogP contribution >= 0.6 is 0 Å². The van der Waals surface area contributed by atoms with Crippen molar-refractivity contribution in [3.8, 4) is 0 Å². The monoisotopic (exact) mass is 275 g/mol. The Morgan fingerprint density at radius 1 is 1.26 bits per heavy atom. The Morgan fingerprint density at radius 2 is 1.89 bits per heavy atom. The van der Waals surface area contributed by atoms with Crippen LogP contribution in [0.1, 0.15) is 23.6 Å². The molecule has 3 nitrogen and oxygen atoms in total. The minimum atomic E-state index is -4.36. The van der Waals surface area contributed by atoms with Crippen molar-refractivity contribution in [3.63, 3.8) is 0 Å². The Kier molecular flexibility index (Phi) is 4.44. The number of ether oxygens (including phenoxy) is 2. The van der Waals surface area contributed by atoms with Crippen LogP contribution in [0.4, 0.5) is 13.2 Å². The highest BCUT2D eigenvalue weighted by Crippen LogP contribution is 2.36. The highest BCUT2D eigenvalue weighted by atomic mass is 19.4. The summed E-state index contributed by atoms with van der Waals surface area (Å²) in [6, 6.07) is 5.11. The summed E-state index contributed by atoms with van der Waals surface area (Å²) in [5, 5.41) is 2.90. The van der Waals surface area contributed by atoms with E-state index in [9.17, 15) is 13.2 Å². The number of nitrogens with one attached hydrogen (secondary N) is 1. The third-order valence-electron chi connectivity index (χ3n) is 3.11. The van der Waals surface area contributed by atoms with Gasteiger partial charge in [0.15, 0.2) is 6.29 Å². The molecule has 19 heavy (non-hydrogen) atoms. The Balaban J connectivity index is 2.22. The molecular formula is C13H16F3NO2. The molecule has 0 radical (unpaired) electrons. The van der Waals surface area contributed by atoms with Crippen LogP contribution in [-0.4, -0.2) is 26.6 Å². The van der Waals surface area contributed by atoms with Crippen molar-refractivity contribution >= 4 is 0 Å². The average Bonchev–Trinajstić information content (AvgIpc) is 2.88. The normalized spacial score (nSPS) is 18.7. The maximum atomic E-state index is 13.0. The van der Waals surface area contributed by atoms with Crippen LogP contribution in [0.3, 0.4) is 0 Å². The lowest BCUT2D eigenvalue weighted by Gasteiger charge is -2.23. The maximum absolute atomic E-state index is 13.0. The molecule has 0 aliphatic carbocycles. The fourth-order valence-electron chi connectivity index (χ4n) is 2.20. The Bertz CT molecular complexity index is 417. The zero-order chi connectivity index (χ0) is 13.9. The second-order valence-electron chi connectivity index (χ2n) is 4.33. The maximum Gasteiger partial charge on any atom is 0.416 e. The van der Waals surface area contributed by atoms with E-state index < -0.39 is 24.1 Å². The molecule has 0 bridgehead atoms. The van der Waals surface area contributed by atoms with Gasteiger partial charge in [0.05, 0.1) is 18.8 Å². The van der Waals surface area contributed by atoms with Crippen LogP contribution in [-0.2, 0) is 15.7 Å². The van der Waals surface area contributed by atoms with Crippen LogP contribution < -0.4 is 5.32 Å². The van der Waals surface area contributed by atoms with Crippen LogP contribution in [0, 0.1) is 0 Å². The number of rotatable bonds is 4. The van der Waals surface area contributed by atoms with Gasteiger partial charge in [0.2, 0.25) is 0 Å². The summed E-state index contributed by atoms with van der Waals surface area (Å²) in [6.07, 6.45) is -4.45. The van der Waals surface area contributed by atoms with E-state index in [4.69, 9.17) is 9.47 Å². The molecule has 0 saturated carbocycles.